The van der Waals surface area contributed by atoms with Crippen molar-refractivity contribution in [1.29, 1.82) is 0 Å². The number of fused-ring (bicyclic) bond motifs is 2. The molecule has 152 valence electrons. The number of rotatable bonds is 2. The maximum atomic E-state index is 12.1. The van der Waals surface area contributed by atoms with Crippen LogP contribution in [0, 0.1) is 40.4 Å². The van der Waals surface area contributed by atoms with Gasteiger partial charge in [-0.25, -0.2) is 0 Å². The Bertz CT molecular complexity index is 687. The number of hydrogen-bond donors (Lipinski definition) is 4. The fourth-order valence-corrected chi connectivity index (χ4v) is 10.3. The average Bonchev–Trinajstić information content (AvgIpc) is 3.03. The Balaban J connectivity index is 1.62. The van der Waals surface area contributed by atoms with Crippen molar-refractivity contribution in [2.75, 3.05) is 19.7 Å². The van der Waals surface area contributed by atoms with Crippen LogP contribution in [0.2, 0.25) is 0 Å². The summed E-state index contributed by atoms with van der Waals surface area (Å²) in [7, 11) is 0. The predicted octanol–water partition coefficient (Wildman–Crippen LogP) is 0.988. The molecule has 0 aromatic heterocycles. The van der Waals surface area contributed by atoms with E-state index in [0.717, 1.165) is 51.6 Å². The minimum Gasteiger partial charge on any atom is -0.393 e. The molecule has 1 aliphatic heterocycles. The standard InChI is InChI=1S/C22H35NO4/c1-3-23-10-19(2)6-5-16(25)22-13-8-12-4-7-20(26,17(13)21(12,27)11-24)14(18(22)23)9-15(19)22/h12-18,24-27H,3-11H2,1-2H3/t12-,13+,14-,15+,16-,17-,18?,19-,20-,21-,22+/m0/s1. The topological polar surface area (TPSA) is 84.2 Å². The van der Waals surface area contributed by atoms with Crippen LogP contribution in [0.1, 0.15) is 52.4 Å². The molecule has 0 radical (unpaired) electrons. The second-order valence-corrected chi connectivity index (χ2v) is 11.3. The maximum Gasteiger partial charge on any atom is 0.0963 e. The summed E-state index contributed by atoms with van der Waals surface area (Å²) in [4.78, 5) is 2.58. The van der Waals surface area contributed by atoms with Gasteiger partial charge in [-0.3, -0.25) is 4.90 Å². The Morgan fingerprint density at radius 3 is 2.56 bits per heavy atom. The highest BCUT2D eigenvalue weighted by Gasteiger charge is 2.84. The van der Waals surface area contributed by atoms with E-state index in [0.29, 0.717) is 5.92 Å². The number of piperidine rings is 1. The van der Waals surface area contributed by atoms with Crippen molar-refractivity contribution in [2.24, 2.45) is 40.4 Å². The molecule has 6 aliphatic rings. The summed E-state index contributed by atoms with van der Waals surface area (Å²) in [6.45, 7) is 6.40. The third-order valence-corrected chi connectivity index (χ3v) is 10.9. The Morgan fingerprint density at radius 2 is 1.85 bits per heavy atom. The summed E-state index contributed by atoms with van der Waals surface area (Å²) >= 11 is 0. The molecule has 6 fully saturated rings. The van der Waals surface area contributed by atoms with Gasteiger partial charge in [-0.05, 0) is 68.2 Å². The van der Waals surface area contributed by atoms with Gasteiger partial charge in [0.2, 0.25) is 0 Å². The third-order valence-electron chi connectivity index (χ3n) is 10.9. The zero-order chi connectivity index (χ0) is 19.0. The molecule has 5 nitrogen and oxygen atoms in total. The summed E-state index contributed by atoms with van der Waals surface area (Å²) in [6.07, 6.45) is 4.92. The van der Waals surface area contributed by atoms with Crippen LogP contribution in [0.3, 0.4) is 0 Å². The first-order chi connectivity index (χ1) is 12.8. The van der Waals surface area contributed by atoms with Crippen molar-refractivity contribution in [3.63, 3.8) is 0 Å². The van der Waals surface area contributed by atoms with Crippen molar-refractivity contribution >= 4 is 0 Å². The molecule has 4 N–H and O–H groups in total. The van der Waals surface area contributed by atoms with Crippen LogP contribution in [0.5, 0.6) is 0 Å². The van der Waals surface area contributed by atoms with Gasteiger partial charge in [0.1, 0.15) is 0 Å². The molecule has 1 heterocycles. The lowest BCUT2D eigenvalue weighted by Crippen LogP contribution is -2.76. The zero-order valence-corrected chi connectivity index (χ0v) is 16.6. The van der Waals surface area contributed by atoms with E-state index >= 15 is 0 Å². The lowest BCUT2D eigenvalue weighted by Gasteiger charge is -2.69. The molecule has 0 aromatic carbocycles. The van der Waals surface area contributed by atoms with Crippen molar-refractivity contribution < 1.29 is 20.4 Å². The van der Waals surface area contributed by atoms with E-state index in [1.54, 1.807) is 0 Å². The van der Waals surface area contributed by atoms with Crippen LogP contribution in [0.4, 0.5) is 0 Å². The second kappa shape index (κ2) is 4.92. The Kier molecular flexibility index (Phi) is 3.21. The second-order valence-electron chi connectivity index (χ2n) is 11.3. The van der Waals surface area contributed by atoms with Gasteiger partial charge in [-0.15, -0.1) is 0 Å². The molecule has 7 bridgehead atoms. The molecule has 5 saturated carbocycles. The minimum absolute atomic E-state index is 0.0580. The SMILES string of the molecule is CCN1C[C@]2(C)CC[C@H](O)[C@]34C1[C@H](C[C@H]23)[C@@]1(O)CC[C@H]2C[C@@H]4[C@@H]1[C@]2(O)CO. The zero-order valence-electron chi connectivity index (χ0n) is 16.6. The van der Waals surface area contributed by atoms with Crippen LogP contribution in [-0.2, 0) is 0 Å². The van der Waals surface area contributed by atoms with Gasteiger partial charge >= 0.3 is 0 Å². The van der Waals surface area contributed by atoms with Gasteiger partial charge in [0, 0.05) is 29.8 Å². The number of nitrogens with zero attached hydrogens (tertiary/aromatic N) is 1. The molecule has 27 heavy (non-hydrogen) atoms. The first-order valence-corrected chi connectivity index (χ1v) is 11.2. The third kappa shape index (κ3) is 1.59. The molecule has 6 rings (SSSR count). The van der Waals surface area contributed by atoms with E-state index in [9.17, 15) is 20.4 Å². The van der Waals surface area contributed by atoms with Crippen LogP contribution < -0.4 is 0 Å². The average molecular weight is 378 g/mol. The maximum absolute atomic E-state index is 12.1. The van der Waals surface area contributed by atoms with Gasteiger partial charge in [0.25, 0.3) is 0 Å². The molecular formula is C22H35NO4. The molecule has 5 heteroatoms. The van der Waals surface area contributed by atoms with Crippen molar-refractivity contribution in [3.05, 3.63) is 0 Å². The smallest absolute Gasteiger partial charge is 0.0963 e. The van der Waals surface area contributed by atoms with Crippen molar-refractivity contribution in [1.82, 2.24) is 4.90 Å². The van der Waals surface area contributed by atoms with E-state index in [1.165, 1.54) is 0 Å². The molecule has 0 aromatic rings. The van der Waals surface area contributed by atoms with Crippen LogP contribution in [0.25, 0.3) is 0 Å². The largest absolute Gasteiger partial charge is 0.393 e. The van der Waals surface area contributed by atoms with Gasteiger partial charge < -0.3 is 20.4 Å². The molecule has 11 atom stereocenters. The highest BCUT2D eigenvalue weighted by molar-refractivity contribution is 5.33. The molecule has 1 unspecified atom stereocenters. The van der Waals surface area contributed by atoms with E-state index in [4.69, 9.17) is 0 Å². The summed E-state index contributed by atoms with van der Waals surface area (Å²) in [5.41, 5.74) is -2.11. The van der Waals surface area contributed by atoms with E-state index < -0.39 is 11.2 Å². The number of likely N-dealkylation sites (tertiary alicyclic amines) is 1. The first kappa shape index (κ1) is 17.6. The summed E-state index contributed by atoms with van der Waals surface area (Å²) in [5, 5.41) is 45.4. The molecule has 1 saturated heterocycles. The highest BCUT2D eigenvalue weighted by Crippen LogP contribution is 2.79. The monoisotopic (exact) mass is 377 g/mol. The number of aliphatic hydroxyl groups is 4. The molecule has 1 spiro atoms. The van der Waals surface area contributed by atoms with Crippen molar-refractivity contribution in [2.45, 2.75) is 75.7 Å². The van der Waals surface area contributed by atoms with Gasteiger partial charge in [-0.1, -0.05) is 13.8 Å². The fraction of sp³-hybridized carbons (Fsp3) is 1.00. The quantitative estimate of drug-likeness (QED) is 0.577. The molecule has 5 aliphatic carbocycles. The molecule has 0 amide bonds. The summed E-state index contributed by atoms with van der Waals surface area (Å²) in [5.74, 6) is 0.421. The van der Waals surface area contributed by atoms with E-state index in [2.05, 4.69) is 18.7 Å². The minimum atomic E-state index is -1.17. The normalized spacial score (nSPS) is 66.2. The van der Waals surface area contributed by atoms with Gasteiger partial charge in [-0.2, -0.15) is 0 Å². The fourth-order valence-electron chi connectivity index (χ4n) is 10.3. The highest BCUT2D eigenvalue weighted by atomic mass is 16.3. The summed E-state index contributed by atoms with van der Waals surface area (Å²) in [6, 6.07) is 0.224. The summed E-state index contributed by atoms with van der Waals surface area (Å²) < 4.78 is 0. The van der Waals surface area contributed by atoms with Crippen LogP contribution >= 0.6 is 0 Å². The van der Waals surface area contributed by atoms with Crippen LogP contribution in [0.15, 0.2) is 0 Å². The lowest BCUT2D eigenvalue weighted by atomic mass is 9.43. The van der Waals surface area contributed by atoms with Crippen molar-refractivity contribution in [3.8, 4) is 0 Å². The number of aliphatic hydroxyl groups excluding tert-OH is 2. The van der Waals surface area contributed by atoms with E-state index in [-0.39, 0.29) is 53.3 Å². The Hall–Kier alpha value is -0.200. The Morgan fingerprint density at radius 1 is 1.07 bits per heavy atom. The van der Waals surface area contributed by atoms with Gasteiger partial charge in [0.15, 0.2) is 0 Å². The number of hydrogen-bond acceptors (Lipinski definition) is 5. The Labute approximate surface area is 161 Å². The van der Waals surface area contributed by atoms with Crippen LogP contribution in [-0.4, -0.2) is 68.4 Å². The van der Waals surface area contributed by atoms with Gasteiger partial charge in [0.05, 0.1) is 23.9 Å². The first-order valence-electron chi connectivity index (χ1n) is 11.2. The lowest BCUT2D eigenvalue weighted by molar-refractivity contribution is -0.279. The predicted molar refractivity (Wildman–Crippen MR) is 99.7 cm³/mol. The molecular weight excluding hydrogens is 342 g/mol. The van der Waals surface area contributed by atoms with E-state index in [1.807, 2.05) is 0 Å².